The number of amidine groups is 1. The summed E-state index contributed by atoms with van der Waals surface area (Å²) in [5, 5.41) is 3.35. The highest BCUT2D eigenvalue weighted by atomic mass is 35.5. The number of benzene rings is 1. The molecule has 0 spiro atoms. The first-order valence-corrected chi connectivity index (χ1v) is 6.40. The van der Waals surface area contributed by atoms with Crippen molar-refractivity contribution in [2.75, 3.05) is 26.2 Å². The van der Waals surface area contributed by atoms with Gasteiger partial charge in [-0.1, -0.05) is 18.2 Å². The third-order valence-electron chi connectivity index (χ3n) is 3.70. The first-order chi connectivity index (χ1) is 8.33. The van der Waals surface area contributed by atoms with Crippen molar-refractivity contribution in [2.45, 2.75) is 19.9 Å². The van der Waals surface area contributed by atoms with Crippen molar-refractivity contribution in [1.82, 2.24) is 10.2 Å². The molecule has 0 aliphatic carbocycles. The fourth-order valence-electron chi connectivity index (χ4n) is 2.76. The van der Waals surface area contributed by atoms with Crippen LogP contribution < -0.4 is 5.32 Å². The minimum atomic E-state index is 0. The van der Waals surface area contributed by atoms with Crippen LogP contribution in [0.1, 0.15) is 16.7 Å². The highest BCUT2D eigenvalue weighted by Crippen LogP contribution is 2.21. The molecule has 3 rings (SSSR count). The summed E-state index contributed by atoms with van der Waals surface area (Å²) in [6, 6.07) is 6.65. The minimum absolute atomic E-state index is 0. The third-order valence-corrected chi connectivity index (χ3v) is 3.70. The first-order valence-electron chi connectivity index (χ1n) is 6.40. The Morgan fingerprint density at radius 3 is 2.89 bits per heavy atom. The van der Waals surface area contributed by atoms with Crippen molar-refractivity contribution in [1.29, 1.82) is 0 Å². The number of aliphatic imine (C=N–C) groups is 1. The van der Waals surface area contributed by atoms with Crippen LogP contribution in [0.3, 0.4) is 0 Å². The van der Waals surface area contributed by atoms with Crippen molar-refractivity contribution in [3.8, 4) is 0 Å². The van der Waals surface area contributed by atoms with Gasteiger partial charge >= 0.3 is 0 Å². The highest BCUT2D eigenvalue weighted by Gasteiger charge is 2.19. The molecule has 0 atom stereocenters. The van der Waals surface area contributed by atoms with E-state index < -0.39 is 0 Å². The Kier molecular flexibility index (Phi) is 6.11. The molecule has 0 unspecified atom stereocenters. The molecular weight excluding hydrogens is 281 g/mol. The number of nitrogens with one attached hydrogen (secondary N) is 1. The van der Waals surface area contributed by atoms with Gasteiger partial charge in [0.2, 0.25) is 0 Å². The summed E-state index contributed by atoms with van der Waals surface area (Å²) < 4.78 is 0. The van der Waals surface area contributed by atoms with Gasteiger partial charge in [-0.3, -0.25) is 9.89 Å². The van der Waals surface area contributed by atoms with Crippen LogP contribution in [0.2, 0.25) is 0 Å². The van der Waals surface area contributed by atoms with Crippen molar-refractivity contribution >= 4 is 30.6 Å². The van der Waals surface area contributed by atoms with Gasteiger partial charge in [-0.25, -0.2) is 0 Å². The van der Waals surface area contributed by atoms with Crippen LogP contribution in [0.5, 0.6) is 0 Å². The Labute approximate surface area is 127 Å². The second-order valence-corrected chi connectivity index (χ2v) is 4.93. The predicted octanol–water partition coefficient (Wildman–Crippen LogP) is 2.20. The minimum Gasteiger partial charge on any atom is -0.371 e. The molecule has 0 bridgehead atoms. The molecule has 1 aromatic carbocycles. The Bertz CT molecular complexity index is 460. The Morgan fingerprint density at radius 2 is 2.16 bits per heavy atom. The van der Waals surface area contributed by atoms with Crippen LogP contribution >= 0.6 is 24.8 Å². The van der Waals surface area contributed by atoms with Crippen LogP contribution in [0.4, 0.5) is 0 Å². The molecule has 0 aromatic heterocycles. The summed E-state index contributed by atoms with van der Waals surface area (Å²) in [5.41, 5.74) is 4.50. The number of hydrogen-bond donors (Lipinski definition) is 1. The van der Waals surface area contributed by atoms with Gasteiger partial charge in [0.1, 0.15) is 5.84 Å². The molecule has 2 aliphatic rings. The monoisotopic (exact) mass is 301 g/mol. The molecule has 3 nitrogen and oxygen atoms in total. The molecule has 0 amide bonds. The maximum Gasteiger partial charge on any atom is 0.111 e. The average molecular weight is 302 g/mol. The van der Waals surface area contributed by atoms with Gasteiger partial charge in [-0.2, -0.15) is 0 Å². The fourth-order valence-corrected chi connectivity index (χ4v) is 2.76. The van der Waals surface area contributed by atoms with E-state index >= 15 is 0 Å². The van der Waals surface area contributed by atoms with E-state index in [0.717, 1.165) is 32.7 Å². The number of halogens is 2. The lowest BCUT2D eigenvalue weighted by Gasteiger charge is -2.29. The number of nitrogens with zero attached hydrogens (tertiary/aromatic N) is 2. The Balaban J connectivity index is 0.000000902. The van der Waals surface area contributed by atoms with Gasteiger partial charge in [-0.05, 0) is 30.0 Å². The van der Waals surface area contributed by atoms with Crippen LogP contribution in [-0.2, 0) is 13.0 Å². The zero-order valence-electron chi connectivity index (χ0n) is 11.2. The highest BCUT2D eigenvalue weighted by molar-refractivity contribution is 5.86. The molecule has 106 valence electrons. The summed E-state index contributed by atoms with van der Waals surface area (Å²) >= 11 is 0. The standard InChI is InChI=1S/C14H19N3.2ClH/c1-11-3-2-4-12-9-17(8-5-13(11)12)10-14-15-6-7-16-14;;/h2-4H,5-10H2,1H3,(H,15,16);2*1H. The molecule has 0 saturated carbocycles. The zero-order chi connectivity index (χ0) is 11.7. The maximum atomic E-state index is 4.47. The van der Waals surface area contributed by atoms with E-state index in [0.29, 0.717) is 0 Å². The fraction of sp³-hybridized carbons (Fsp3) is 0.500. The Hall–Kier alpha value is -0.770. The van der Waals surface area contributed by atoms with Crippen molar-refractivity contribution in [2.24, 2.45) is 4.99 Å². The number of hydrogen-bond acceptors (Lipinski definition) is 3. The topological polar surface area (TPSA) is 27.6 Å². The van der Waals surface area contributed by atoms with Crippen LogP contribution in [0.15, 0.2) is 23.2 Å². The predicted molar refractivity (Wildman–Crippen MR) is 85.0 cm³/mol. The Morgan fingerprint density at radius 1 is 1.32 bits per heavy atom. The quantitative estimate of drug-likeness (QED) is 0.907. The van der Waals surface area contributed by atoms with Gasteiger partial charge in [0.25, 0.3) is 0 Å². The summed E-state index contributed by atoms with van der Waals surface area (Å²) in [4.78, 5) is 6.95. The lowest BCUT2D eigenvalue weighted by Crippen LogP contribution is -2.38. The van der Waals surface area contributed by atoms with Gasteiger partial charge in [0.05, 0.1) is 13.1 Å². The molecule has 2 heterocycles. The van der Waals surface area contributed by atoms with Crippen LogP contribution in [0, 0.1) is 6.92 Å². The number of fused-ring (bicyclic) bond motifs is 1. The summed E-state index contributed by atoms with van der Waals surface area (Å²) in [6.07, 6.45) is 1.18. The van der Waals surface area contributed by atoms with Crippen LogP contribution in [-0.4, -0.2) is 36.9 Å². The average Bonchev–Trinajstić information content (AvgIpc) is 2.82. The smallest absolute Gasteiger partial charge is 0.111 e. The molecule has 1 N–H and O–H groups in total. The van der Waals surface area contributed by atoms with Gasteiger partial charge in [0, 0.05) is 19.6 Å². The second kappa shape index (κ2) is 7.13. The normalized spacial score (nSPS) is 17.6. The SMILES string of the molecule is Cc1cccc2c1CCN(CC1=NCCN1)C2.Cl.Cl. The largest absolute Gasteiger partial charge is 0.371 e. The molecule has 0 radical (unpaired) electrons. The van der Waals surface area contributed by atoms with E-state index in [1.165, 1.54) is 23.4 Å². The third kappa shape index (κ3) is 3.62. The second-order valence-electron chi connectivity index (χ2n) is 4.93. The molecule has 0 fully saturated rings. The molecular formula is C14H21Cl2N3. The lowest BCUT2D eigenvalue weighted by molar-refractivity contribution is 0.288. The molecule has 1 aromatic rings. The first kappa shape index (κ1) is 16.3. The molecule has 5 heteroatoms. The molecule has 0 saturated heterocycles. The summed E-state index contributed by atoms with van der Waals surface area (Å²) in [6.45, 7) is 7.37. The van der Waals surface area contributed by atoms with E-state index in [2.05, 4.69) is 40.3 Å². The number of rotatable bonds is 2. The maximum absolute atomic E-state index is 4.47. The zero-order valence-corrected chi connectivity index (χ0v) is 12.8. The lowest BCUT2D eigenvalue weighted by atomic mass is 9.95. The van der Waals surface area contributed by atoms with Crippen LogP contribution in [0.25, 0.3) is 0 Å². The molecule has 2 aliphatic heterocycles. The van der Waals surface area contributed by atoms with E-state index in [-0.39, 0.29) is 24.8 Å². The number of aryl methyl sites for hydroxylation is 1. The molecule has 19 heavy (non-hydrogen) atoms. The van der Waals surface area contributed by atoms with E-state index in [1.807, 2.05) is 0 Å². The van der Waals surface area contributed by atoms with E-state index in [9.17, 15) is 0 Å². The summed E-state index contributed by atoms with van der Waals surface area (Å²) in [5.74, 6) is 1.17. The van der Waals surface area contributed by atoms with Gasteiger partial charge in [0.15, 0.2) is 0 Å². The van der Waals surface area contributed by atoms with Crippen molar-refractivity contribution in [3.63, 3.8) is 0 Å². The van der Waals surface area contributed by atoms with Crippen molar-refractivity contribution in [3.05, 3.63) is 34.9 Å². The van der Waals surface area contributed by atoms with Gasteiger partial charge in [-0.15, -0.1) is 24.8 Å². The summed E-state index contributed by atoms with van der Waals surface area (Å²) in [7, 11) is 0. The van der Waals surface area contributed by atoms with E-state index in [1.54, 1.807) is 5.56 Å². The van der Waals surface area contributed by atoms with E-state index in [4.69, 9.17) is 0 Å². The van der Waals surface area contributed by atoms with Crippen molar-refractivity contribution < 1.29 is 0 Å². The van der Waals surface area contributed by atoms with Gasteiger partial charge < -0.3 is 5.32 Å².